The van der Waals surface area contributed by atoms with Crippen LogP contribution in [0.3, 0.4) is 0 Å². The van der Waals surface area contributed by atoms with Crippen LogP contribution in [0.1, 0.15) is 7.79 Å². The molecule has 0 saturated heterocycles. The van der Waals surface area contributed by atoms with Gasteiger partial charge in [0.25, 0.3) is 0 Å². The van der Waals surface area contributed by atoms with Crippen molar-refractivity contribution in [1.29, 1.82) is 0 Å². The molecule has 0 amide bonds. The molecule has 72 valence electrons. The molecule has 0 saturated carbocycles. The molecule has 2 nitrogen and oxygen atoms in total. The van der Waals surface area contributed by atoms with Crippen LogP contribution in [-0.2, 0) is 4.43 Å². The Kier molecular flexibility index (Phi) is 4.51. The fraction of sp³-hybridized carbons (Fsp3) is 0.400. The van der Waals surface area contributed by atoms with Gasteiger partial charge in [0.05, 0.1) is 0 Å². The Hall–Kier alpha value is -0.803. The van der Waals surface area contributed by atoms with Crippen molar-refractivity contribution in [3.8, 4) is 0 Å². The maximum absolute atomic E-state index is 7.63. The Balaban J connectivity index is 2.16. The topological polar surface area (TPSA) is 21.3 Å². The molecule has 1 unspecified atom stereocenters. The van der Waals surface area contributed by atoms with Crippen LogP contribution in [0.25, 0.3) is 0 Å². The Morgan fingerprint density at radius 3 is 2.92 bits per heavy atom. The molecule has 1 aromatic carbocycles. The molecule has 1 rings (SSSR count). The van der Waals surface area contributed by atoms with Crippen LogP contribution in [-0.4, -0.2) is 23.4 Å². The lowest BCUT2D eigenvalue weighted by Crippen LogP contribution is -2.03. The minimum Gasteiger partial charge on any atom is -0.427 e. The lowest BCUT2D eigenvalue weighted by molar-refractivity contribution is 0.440. The molecule has 0 aliphatic rings. The first-order valence-electron chi connectivity index (χ1n) is 5.11. The molecule has 0 bridgehead atoms. The van der Waals surface area contributed by atoms with Gasteiger partial charge < -0.3 is 9.74 Å². The highest BCUT2D eigenvalue weighted by Crippen LogP contribution is 2.04. The van der Waals surface area contributed by atoms with Crippen LogP contribution < -0.4 is 5.32 Å². The third kappa shape index (κ3) is 4.70. The largest absolute Gasteiger partial charge is 0.427 e. The minimum atomic E-state index is -0.627. The van der Waals surface area contributed by atoms with Crippen molar-refractivity contribution in [3.63, 3.8) is 0 Å². The van der Waals surface area contributed by atoms with E-state index in [0.29, 0.717) is 0 Å². The predicted molar refractivity (Wildman–Crippen MR) is 59.9 cm³/mol. The van der Waals surface area contributed by atoms with Crippen molar-refractivity contribution < 1.29 is 5.80 Å². The summed E-state index contributed by atoms with van der Waals surface area (Å²) in [4.78, 5) is 0. The van der Waals surface area contributed by atoms with Gasteiger partial charge in [0.2, 0.25) is 0 Å². The van der Waals surface area contributed by atoms with Crippen molar-refractivity contribution in [2.75, 3.05) is 19.0 Å². The van der Waals surface area contributed by atoms with Crippen molar-refractivity contribution >= 4 is 15.5 Å². The van der Waals surface area contributed by atoms with E-state index in [1.54, 1.807) is 7.11 Å². The summed E-state index contributed by atoms with van der Waals surface area (Å²) in [5.41, 5.74) is 1.12. The van der Waals surface area contributed by atoms with Crippen LogP contribution >= 0.6 is 0 Å². The van der Waals surface area contributed by atoms with Crippen LogP contribution in [0.5, 0.6) is 0 Å². The summed E-state index contributed by atoms with van der Waals surface area (Å²) in [5, 5.41) is 3.28. The van der Waals surface area contributed by atoms with Gasteiger partial charge >= 0.3 is 0 Å². The molecular formula is C10H17NOSi. The predicted octanol–water partition coefficient (Wildman–Crippen LogP) is 1.64. The monoisotopic (exact) mass is 197 g/mol. The molecular weight excluding hydrogens is 178 g/mol. The Labute approximate surface area is 83.7 Å². The quantitative estimate of drug-likeness (QED) is 0.700. The summed E-state index contributed by atoms with van der Waals surface area (Å²) >= 11 is 0. The molecule has 0 aliphatic carbocycles. The van der Waals surface area contributed by atoms with Crippen LogP contribution in [0, 0.1) is 0 Å². The molecule has 0 heterocycles. The zero-order valence-corrected chi connectivity index (χ0v) is 9.41. The zero-order chi connectivity index (χ0) is 10.2. The van der Waals surface area contributed by atoms with Crippen LogP contribution in [0.15, 0.2) is 30.3 Å². The first-order chi connectivity index (χ1) is 6.83. The van der Waals surface area contributed by atoms with E-state index in [9.17, 15) is 0 Å². The van der Waals surface area contributed by atoms with Gasteiger partial charge in [-0.05, 0) is 24.6 Å². The van der Waals surface area contributed by atoms with E-state index >= 15 is 0 Å². The molecule has 1 N–H and O–H groups in total. The zero-order valence-electron chi connectivity index (χ0n) is 8.99. The smallest absolute Gasteiger partial charge is 0.161 e. The molecule has 3 heteroatoms. The molecule has 0 aromatic heterocycles. The van der Waals surface area contributed by atoms with Gasteiger partial charge in [0.15, 0.2) is 9.76 Å². The summed E-state index contributed by atoms with van der Waals surface area (Å²) in [6.45, 7) is 0.856. The second-order valence-corrected chi connectivity index (χ2v) is 4.31. The van der Waals surface area contributed by atoms with Crippen molar-refractivity contribution in [2.24, 2.45) is 0 Å². The average Bonchev–Trinajstić information content (AvgIpc) is 2.20. The van der Waals surface area contributed by atoms with E-state index in [4.69, 9.17) is 5.80 Å². The number of rotatable bonds is 6. The Morgan fingerprint density at radius 1 is 1.46 bits per heavy atom. The minimum absolute atomic E-state index is 0.0104. The third-order valence-corrected chi connectivity index (χ3v) is 2.71. The number of para-hydroxylation sites is 1. The summed E-state index contributed by atoms with van der Waals surface area (Å²) in [5.74, 6) is 0. The van der Waals surface area contributed by atoms with E-state index in [2.05, 4.69) is 5.32 Å². The van der Waals surface area contributed by atoms with Gasteiger partial charge in [-0.2, -0.15) is 0 Å². The van der Waals surface area contributed by atoms with Crippen molar-refractivity contribution in [1.82, 2.24) is 0 Å². The third-order valence-electron chi connectivity index (χ3n) is 1.74. The Bertz CT molecular complexity index is 245. The van der Waals surface area contributed by atoms with E-state index in [-0.39, 0.29) is 6.02 Å². The Morgan fingerprint density at radius 2 is 2.23 bits per heavy atom. The second kappa shape index (κ2) is 6.68. The fourth-order valence-electron chi connectivity index (χ4n) is 1.08. The van der Waals surface area contributed by atoms with E-state index in [1.807, 2.05) is 30.3 Å². The van der Waals surface area contributed by atoms with Gasteiger partial charge in [0.1, 0.15) is 0 Å². The summed E-state index contributed by atoms with van der Waals surface area (Å²) in [6, 6.07) is 10.1. The first kappa shape index (κ1) is 8.78. The van der Waals surface area contributed by atoms with Gasteiger partial charge in [0, 0.05) is 20.7 Å². The standard InChI is InChI=1S/C10H17NOSi/c1-12-13-9-5-8-11-10-6-3-2-4-7-10/h2-4,6-7,11H,5,8-9,13H2,1H3/i9T. The molecule has 1 atom stereocenters. The second-order valence-electron chi connectivity index (χ2n) is 2.83. The highest BCUT2D eigenvalue weighted by molar-refractivity contribution is 6.26. The number of hydrogen-bond donors (Lipinski definition) is 1. The maximum Gasteiger partial charge on any atom is 0.161 e. The van der Waals surface area contributed by atoms with E-state index < -0.39 is 9.76 Å². The normalized spacial score (nSPS) is 14.4. The van der Waals surface area contributed by atoms with Gasteiger partial charge in [-0.1, -0.05) is 18.2 Å². The number of nitrogens with one attached hydrogen (secondary N) is 1. The van der Waals surface area contributed by atoms with Crippen molar-refractivity contribution in [2.45, 2.75) is 12.4 Å². The van der Waals surface area contributed by atoms with Crippen molar-refractivity contribution in [3.05, 3.63) is 30.3 Å². The van der Waals surface area contributed by atoms with E-state index in [1.165, 1.54) is 0 Å². The lowest BCUT2D eigenvalue weighted by Gasteiger charge is -2.04. The van der Waals surface area contributed by atoms with Crippen LogP contribution in [0.2, 0.25) is 6.02 Å². The highest BCUT2D eigenvalue weighted by atomic mass is 28.2. The molecule has 0 spiro atoms. The number of benzene rings is 1. The first-order valence-corrected chi connectivity index (χ1v) is 5.92. The van der Waals surface area contributed by atoms with Gasteiger partial charge in [-0.25, -0.2) is 0 Å². The highest BCUT2D eigenvalue weighted by Gasteiger charge is 1.90. The van der Waals surface area contributed by atoms with E-state index in [0.717, 1.165) is 18.7 Å². The maximum atomic E-state index is 7.63. The van der Waals surface area contributed by atoms with Crippen LogP contribution in [0.4, 0.5) is 5.69 Å². The number of hydrogen-bond acceptors (Lipinski definition) is 2. The molecule has 1 aromatic rings. The SMILES string of the molecule is [3H]C(CCNc1ccccc1)[SiH2]OC. The lowest BCUT2D eigenvalue weighted by atomic mass is 10.3. The molecule has 0 radical (unpaired) electrons. The fourth-order valence-corrected chi connectivity index (χ4v) is 1.68. The molecule has 0 fully saturated rings. The van der Waals surface area contributed by atoms with Gasteiger partial charge in [-0.3, -0.25) is 0 Å². The summed E-state index contributed by atoms with van der Waals surface area (Å²) in [6.07, 6.45) is 0.870. The summed E-state index contributed by atoms with van der Waals surface area (Å²) in [7, 11) is 1.07. The number of anilines is 1. The summed E-state index contributed by atoms with van der Waals surface area (Å²) < 4.78 is 12.7. The van der Waals surface area contributed by atoms with Gasteiger partial charge in [-0.15, -0.1) is 0 Å². The molecule has 0 aliphatic heterocycles. The average molecular weight is 197 g/mol. The molecule has 13 heavy (non-hydrogen) atoms.